The molecule has 0 saturated carbocycles. The van der Waals surface area contributed by atoms with Crippen LogP contribution >= 0.6 is 0 Å². The van der Waals surface area contributed by atoms with Crippen molar-refractivity contribution in [2.75, 3.05) is 0 Å². The molecule has 0 unspecified atom stereocenters. The second-order valence-electron chi connectivity index (χ2n) is 8.38. The molecule has 2 nitrogen and oxygen atoms in total. The van der Waals surface area contributed by atoms with Crippen LogP contribution < -0.4 is 6.15 Å². The van der Waals surface area contributed by atoms with Crippen LogP contribution in [-0.2, 0) is 0 Å². The van der Waals surface area contributed by atoms with Crippen LogP contribution in [0.5, 0.6) is 0 Å². The van der Waals surface area contributed by atoms with E-state index in [0.29, 0.717) is 0 Å². The van der Waals surface area contributed by atoms with Gasteiger partial charge >= 0.3 is 0 Å². The Bertz CT molecular complexity index is 1570. The van der Waals surface area contributed by atoms with E-state index in [1.54, 1.807) is 0 Å². The average molecular weight is 451 g/mol. The number of hydrogen-bond acceptors (Lipinski definition) is 2. The van der Waals surface area contributed by atoms with Crippen molar-refractivity contribution in [1.29, 1.82) is 0 Å². The van der Waals surface area contributed by atoms with Gasteiger partial charge in [0, 0.05) is 11.6 Å². The van der Waals surface area contributed by atoms with Gasteiger partial charge in [0.1, 0.15) is 0 Å². The molecule has 0 radical (unpaired) electrons. The van der Waals surface area contributed by atoms with E-state index in [2.05, 4.69) is 138 Å². The molecule has 0 aliphatic carbocycles. The van der Waals surface area contributed by atoms with E-state index in [1.165, 1.54) is 44.5 Å². The highest BCUT2D eigenvalue weighted by Crippen LogP contribution is 2.46. The molecule has 35 heavy (non-hydrogen) atoms. The Balaban J connectivity index is 0.00000253. The zero-order valence-corrected chi connectivity index (χ0v) is 19.4. The minimum atomic E-state index is 0. The minimum Gasteiger partial charge on any atom is -0.344 e. The van der Waals surface area contributed by atoms with Crippen molar-refractivity contribution in [1.82, 2.24) is 11.1 Å². The van der Waals surface area contributed by atoms with Gasteiger partial charge in [0.25, 0.3) is 0 Å². The Morgan fingerprint density at radius 3 is 1.46 bits per heavy atom. The van der Waals surface area contributed by atoms with Crippen molar-refractivity contribution < 1.29 is 0 Å². The molecule has 0 amide bonds. The van der Waals surface area contributed by atoms with Gasteiger partial charge in [-0.1, -0.05) is 121 Å². The summed E-state index contributed by atoms with van der Waals surface area (Å²) >= 11 is 0. The summed E-state index contributed by atoms with van der Waals surface area (Å²) in [5.74, 6) is 0. The predicted molar refractivity (Wildman–Crippen MR) is 149 cm³/mol. The molecule has 0 fully saturated rings. The second kappa shape index (κ2) is 9.76. The van der Waals surface area contributed by atoms with Crippen molar-refractivity contribution in [3.8, 4) is 44.5 Å². The Morgan fingerprint density at radius 2 is 0.857 bits per heavy atom. The molecule has 6 rings (SSSR count). The molecule has 2 heteroatoms. The maximum absolute atomic E-state index is 4.65. The molecule has 0 atom stereocenters. The standard InChI is InChI=1S/C33H23N.H3N/c1-4-12-24(13-5-1)27-20-21-28(25-14-6-2-7-15-25)33(32(27)26-16-8-3-9-17-26)30-22-23-34-31-19-11-10-18-29(30)31;/h1-23H;1H3. The zero-order valence-electron chi connectivity index (χ0n) is 19.4. The Labute approximate surface area is 206 Å². The number of nitrogens with zero attached hydrogens (tertiary/aromatic N) is 1. The topological polar surface area (TPSA) is 47.9 Å². The number of aromatic nitrogens is 1. The van der Waals surface area contributed by atoms with Gasteiger partial charge in [-0.2, -0.15) is 0 Å². The third-order valence-electron chi connectivity index (χ3n) is 6.36. The van der Waals surface area contributed by atoms with Gasteiger partial charge in [-0.05, 0) is 56.6 Å². The van der Waals surface area contributed by atoms with Crippen molar-refractivity contribution >= 4 is 10.9 Å². The zero-order chi connectivity index (χ0) is 22.7. The number of benzene rings is 5. The molecule has 0 aliphatic rings. The summed E-state index contributed by atoms with van der Waals surface area (Å²) in [6.45, 7) is 0. The van der Waals surface area contributed by atoms with E-state index in [0.717, 1.165) is 10.9 Å². The van der Waals surface area contributed by atoms with Crippen LogP contribution in [0, 0.1) is 0 Å². The monoisotopic (exact) mass is 450 g/mol. The lowest BCUT2D eigenvalue weighted by molar-refractivity contribution is 1.41. The normalized spacial score (nSPS) is 10.6. The number of pyridine rings is 1. The average Bonchev–Trinajstić information content (AvgIpc) is 2.93. The van der Waals surface area contributed by atoms with Gasteiger partial charge in [-0.15, -0.1) is 0 Å². The first kappa shape index (κ1) is 22.3. The molecular formula is C33H26N2. The Hall–Kier alpha value is -4.53. The van der Waals surface area contributed by atoms with E-state index in [1.807, 2.05) is 6.20 Å². The van der Waals surface area contributed by atoms with E-state index in [4.69, 9.17) is 0 Å². The number of para-hydroxylation sites is 1. The number of hydrogen-bond donors (Lipinski definition) is 1. The fourth-order valence-corrected chi connectivity index (χ4v) is 4.82. The molecule has 3 N–H and O–H groups in total. The molecule has 1 heterocycles. The SMILES string of the molecule is N.c1ccc(-c2ccc(-c3ccccc3)c(-c3ccnc4ccccc34)c2-c2ccccc2)cc1. The maximum Gasteiger partial charge on any atom is 0.0708 e. The summed E-state index contributed by atoms with van der Waals surface area (Å²) in [4.78, 5) is 4.65. The summed E-state index contributed by atoms with van der Waals surface area (Å²) in [6, 6.07) is 47.2. The molecule has 168 valence electrons. The first-order chi connectivity index (χ1) is 16.9. The third-order valence-corrected chi connectivity index (χ3v) is 6.36. The van der Waals surface area contributed by atoms with Gasteiger partial charge in [0.15, 0.2) is 0 Å². The van der Waals surface area contributed by atoms with Crippen LogP contribution in [0.1, 0.15) is 0 Å². The largest absolute Gasteiger partial charge is 0.344 e. The Kier molecular flexibility index (Phi) is 6.21. The lowest BCUT2D eigenvalue weighted by atomic mass is 9.82. The summed E-state index contributed by atoms with van der Waals surface area (Å²) in [5, 5.41) is 1.16. The first-order valence-corrected chi connectivity index (χ1v) is 11.6. The summed E-state index contributed by atoms with van der Waals surface area (Å²) in [7, 11) is 0. The molecule has 0 saturated heterocycles. The lowest BCUT2D eigenvalue weighted by Crippen LogP contribution is -1.95. The van der Waals surface area contributed by atoms with E-state index < -0.39 is 0 Å². The summed E-state index contributed by atoms with van der Waals surface area (Å²) < 4.78 is 0. The van der Waals surface area contributed by atoms with Crippen molar-refractivity contribution in [2.45, 2.75) is 0 Å². The highest BCUT2D eigenvalue weighted by Gasteiger charge is 2.20. The lowest BCUT2D eigenvalue weighted by Gasteiger charge is -2.21. The van der Waals surface area contributed by atoms with Crippen molar-refractivity contribution in [3.63, 3.8) is 0 Å². The quantitative estimate of drug-likeness (QED) is 0.291. The third kappa shape index (κ3) is 4.12. The van der Waals surface area contributed by atoms with E-state index in [-0.39, 0.29) is 6.15 Å². The molecule has 5 aromatic carbocycles. The van der Waals surface area contributed by atoms with Crippen LogP contribution in [0.15, 0.2) is 140 Å². The molecule has 0 aliphatic heterocycles. The smallest absolute Gasteiger partial charge is 0.0708 e. The molecular weight excluding hydrogens is 424 g/mol. The highest BCUT2D eigenvalue weighted by molar-refractivity contribution is 6.07. The van der Waals surface area contributed by atoms with Crippen LogP contribution in [0.25, 0.3) is 55.4 Å². The first-order valence-electron chi connectivity index (χ1n) is 11.6. The van der Waals surface area contributed by atoms with Crippen molar-refractivity contribution in [3.05, 3.63) is 140 Å². The van der Waals surface area contributed by atoms with Gasteiger partial charge in [-0.25, -0.2) is 0 Å². The molecule has 0 bridgehead atoms. The molecule has 1 aromatic heterocycles. The fourth-order valence-electron chi connectivity index (χ4n) is 4.82. The van der Waals surface area contributed by atoms with Gasteiger partial charge < -0.3 is 6.15 Å². The Morgan fingerprint density at radius 1 is 0.371 bits per heavy atom. The fraction of sp³-hybridized carbons (Fsp3) is 0. The van der Waals surface area contributed by atoms with Crippen molar-refractivity contribution in [2.24, 2.45) is 0 Å². The minimum absolute atomic E-state index is 0. The predicted octanol–water partition coefficient (Wildman–Crippen LogP) is 9.06. The van der Waals surface area contributed by atoms with Crippen LogP contribution in [0.2, 0.25) is 0 Å². The molecule has 6 aromatic rings. The number of rotatable bonds is 4. The van der Waals surface area contributed by atoms with Crippen LogP contribution in [0.3, 0.4) is 0 Å². The molecule has 0 spiro atoms. The number of fused-ring (bicyclic) bond motifs is 1. The van der Waals surface area contributed by atoms with Gasteiger partial charge in [0.05, 0.1) is 5.52 Å². The van der Waals surface area contributed by atoms with E-state index >= 15 is 0 Å². The van der Waals surface area contributed by atoms with E-state index in [9.17, 15) is 0 Å². The summed E-state index contributed by atoms with van der Waals surface area (Å²) in [5.41, 5.74) is 10.7. The highest BCUT2D eigenvalue weighted by atomic mass is 14.6. The van der Waals surface area contributed by atoms with Crippen LogP contribution in [0.4, 0.5) is 0 Å². The van der Waals surface area contributed by atoms with Crippen LogP contribution in [-0.4, -0.2) is 4.98 Å². The van der Waals surface area contributed by atoms with Gasteiger partial charge in [-0.3, -0.25) is 4.98 Å². The second-order valence-corrected chi connectivity index (χ2v) is 8.38. The maximum atomic E-state index is 4.65. The van der Waals surface area contributed by atoms with Gasteiger partial charge in [0.2, 0.25) is 0 Å². The summed E-state index contributed by atoms with van der Waals surface area (Å²) in [6.07, 6.45) is 1.93.